The van der Waals surface area contributed by atoms with E-state index in [9.17, 15) is 0 Å². The minimum absolute atomic E-state index is 0.205. The highest BCUT2D eigenvalue weighted by atomic mass is 16.5. The molecule has 94 valence electrons. The van der Waals surface area contributed by atoms with Gasteiger partial charge in [-0.25, -0.2) is 0 Å². The lowest BCUT2D eigenvalue weighted by molar-refractivity contribution is 0.0874. The summed E-state index contributed by atoms with van der Waals surface area (Å²) in [6.07, 6.45) is 3.79. The van der Waals surface area contributed by atoms with Crippen molar-refractivity contribution in [3.05, 3.63) is 0 Å². The third-order valence-corrected chi connectivity index (χ3v) is 3.80. The molecule has 1 saturated heterocycles. The quantitative estimate of drug-likeness (QED) is 0.688. The molecule has 2 rings (SSSR count). The smallest absolute Gasteiger partial charge is 0.0589 e. The lowest BCUT2D eigenvalue weighted by Gasteiger charge is -2.33. The zero-order valence-corrected chi connectivity index (χ0v) is 10.3. The Hall–Kier alpha value is -0.160. The average Bonchev–Trinajstić information content (AvgIpc) is 3.05. The minimum Gasteiger partial charge on any atom is -0.383 e. The van der Waals surface area contributed by atoms with Crippen LogP contribution in [0.2, 0.25) is 0 Å². The zero-order chi connectivity index (χ0) is 11.4. The van der Waals surface area contributed by atoms with Crippen LogP contribution in [0.1, 0.15) is 19.3 Å². The fraction of sp³-hybridized carbons (Fsp3) is 1.00. The first kappa shape index (κ1) is 12.3. The van der Waals surface area contributed by atoms with Gasteiger partial charge >= 0.3 is 0 Å². The monoisotopic (exact) mass is 228 g/mol. The van der Waals surface area contributed by atoms with Gasteiger partial charge in [-0.15, -0.1) is 0 Å². The molecule has 16 heavy (non-hydrogen) atoms. The number of nitrogens with two attached hydrogens (primary N) is 1. The first-order valence-electron chi connectivity index (χ1n) is 6.30. The second kappa shape index (κ2) is 5.45. The molecule has 1 heterocycles. The van der Waals surface area contributed by atoms with Crippen molar-refractivity contribution in [2.45, 2.75) is 25.3 Å². The maximum atomic E-state index is 5.93. The summed E-state index contributed by atoms with van der Waals surface area (Å²) in [6, 6.07) is 0.777. The molecule has 2 N–H and O–H groups in total. The predicted molar refractivity (Wildman–Crippen MR) is 63.4 cm³/mol. The standard InChI is InChI=1S/C12H24N2O2/c1-15-7-5-14(11-2-3-11)9-12(8-13)4-6-16-10-12/h11H,2-10,13H2,1H3. The molecule has 0 aromatic rings. The number of rotatable bonds is 7. The van der Waals surface area contributed by atoms with E-state index in [1.165, 1.54) is 12.8 Å². The summed E-state index contributed by atoms with van der Waals surface area (Å²) in [4.78, 5) is 2.55. The van der Waals surface area contributed by atoms with E-state index in [4.69, 9.17) is 15.2 Å². The molecule has 0 radical (unpaired) electrons. The predicted octanol–water partition coefficient (Wildman–Crippen LogP) is 0.463. The molecule has 0 aromatic heterocycles. The van der Waals surface area contributed by atoms with Crippen LogP contribution in [-0.4, -0.2) is 57.5 Å². The normalized spacial score (nSPS) is 30.2. The molecule has 0 spiro atoms. The van der Waals surface area contributed by atoms with Crippen LogP contribution in [0.3, 0.4) is 0 Å². The fourth-order valence-corrected chi connectivity index (χ4v) is 2.47. The zero-order valence-electron chi connectivity index (χ0n) is 10.3. The van der Waals surface area contributed by atoms with Gasteiger partial charge < -0.3 is 15.2 Å². The van der Waals surface area contributed by atoms with E-state index in [0.29, 0.717) is 0 Å². The molecule has 4 nitrogen and oxygen atoms in total. The Kier molecular flexibility index (Phi) is 4.19. The Labute approximate surface area is 98.1 Å². The van der Waals surface area contributed by atoms with Crippen LogP contribution in [0.15, 0.2) is 0 Å². The molecule has 1 unspecified atom stereocenters. The Morgan fingerprint density at radius 2 is 2.31 bits per heavy atom. The highest BCUT2D eigenvalue weighted by molar-refractivity contribution is 4.92. The summed E-state index contributed by atoms with van der Waals surface area (Å²) < 4.78 is 10.7. The fourth-order valence-electron chi connectivity index (χ4n) is 2.47. The first-order valence-corrected chi connectivity index (χ1v) is 6.30. The molecule has 2 aliphatic rings. The highest BCUT2D eigenvalue weighted by Gasteiger charge is 2.39. The van der Waals surface area contributed by atoms with E-state index in [1.807, 2.05) is 0 Å². The molecular formula is C12H24N2O2. The van der Waals surface area contributed by atoms with Gasteiger partial charge in [0.2, 0.25) is 0 Å². The van der Waals surface area contributed by atoms with Crippen LogP contribution in [-0.2, 0) is 9.47 Å². The Morgan fingerprint density at radius 3 is 2.81 bits per heavy atom. The maximum Gasteiger partial charge on any atom is 0.0589 e. The summed E-state index contributed by atoms with van der Waals surface area (Å²) >= 11 is 0. The molecule has 1 aliphatic heterocycles. The van der Waals surface area contributed by atoms with Crippen molar-refractivity contribution >= 4 is 0 Å². The average molecular weight is 228 g/mol. The number of hydrogen-bond donors (Lipinski definition) is 1. The van der Waals surface area contributed by atoms with Gasteiger partial charge in [-0.3, -0.25) is 4.90 Å². The summed E-state index contributed by atoms with van der Waals surface area (Å²) in [7, 11) is 1.77. The van der Waals surface area contributed by atoms with Crippen molar-refractivity contribution in [2.75, 3.05) is 46.6 Å². The maximum absolute atomic E-state index is 5.93. The number of nitrogens with zero attached hydrogens (tertiary/aromatic N) is 1. The van der Waals surface area contributed by atoms with Gasteiger partial charge in [0.05, 0.1) is 13.2 Å². The molecule has 1 aliphatic carbocycles. The van der Waals surface area contributed by atoms with Crippen LogP contribution >= 0.6 is 0 Å². The van der Waals surface area contributed by atoms with Crippen molar-refractivity contribution < 1.29 is 9.47 Å². The van der Waals surface area contributed by atoms with Crippen LogP contribution in [0.25, 0.3) is 0 Å². The lowest BCUT2D eigenvalue weighted by atomic mass is 9.86. The van der Waals surface area contributed by atoms with Crippen LogP contribution in [0.4, 0.5) is 0 Å². The first-order chi connectivity index (χ1) is 7.79. The van der Waals surface area contributed by atoms with E-state index in [0.717, 1.165) is 51.9 Å². The van der Waals surface area contributed by atoms with Crippen molar-refractivity contribution in [2.24, 2.45) is 11.1 Å². The van der Waals surface area contributed by atoms with E-state index in [1.54, 1.807) is 7.11 Å². The topological polar surface area (TPSA) is 47.7 Å². The van der Waals surface area contributed by atoms with Gasteiger partial charge in [0.25, 0.3) is 0 Å². The van der Waals surface area contributed by atoms with Crippen molar-refractivity contribution in [3.8, 4) is 0 Å². The third kappa shape index (κ3) is 2.94. The molecule has 0 aromatic carbocycles. The second-order valence-electron chi connectivity index (χ2n) is 5.20. The van der Waals surface area contributed by atoms with E-state index in [-0.39, 0.29) is 5.41 Å². The molecular weight excluding hydrogens is 204 g/mol. The highest BCUT2D eigenvalue weighted by Crippen LogP contribution is 2.33. The van der Waals surface area contributed by atoms with E-state index in [2.05, 4.69) is 4.90 Å². The molecule has 0 bridgehead atoms. The van der Waals surface area contributed by atoms with Crippen molar-refractivity contribution in [1.29, 1.82) is 0 Å². The number of hydrogen-bond acceptors (Lipinski definition) is 4. The Bertz CT molecular complexity index is 213. The van der Waals surface area contributed by atoms with Crippen LogP contribution < -0.4 is 5.73 Å². The summed E-state index contributed by atoms with van der Waals surface area (Å²) in [5.41, 5.74) is 6.13. The van der Waals surface area contributed by atoms with E-state index < -0.39 is 0 Å². The van der Waals surface area contributed by atoms with E-state index >= 15 is 0 Å². The SMILES string of the molecule is COCCN(CC1(CN)CCOC1)C1CC1. The Balaban J connectivity index is 1.87. The number of methoxy groups -OCH3 is 1. The van der Waals surface area contributed by atoms with Gasteiger partial charge in [0, 0.05) is 44.8 Å². The molecule has 1 atom stereocenters. The molecule has 1 saturated carbocycles. The summed E-state index contributed by atoms with van der Waals surface area (Å²) in [6.45, 7) is 5.38. The summed E-state index contributed by atoms with van der Waals surface area (Å²) in [5.74, 6) is 0. The van der Waals surface area contributed by atoms with Crippen LogP contribution in [0, 0.1) is 5.41 Å². The van der Waals surface area contributed by atoms with Crippen molar-refractivity contribution in [3.63, 3.8) is 0 Å². The number of ether oxygens (including phenoxy) is 2. The van der Waals surface area contributed by atoms with Gasteiger partial charge in [-0.1, -0.05) is 0 Å². The van der Waals surface area contributed by atoms with Gasteiger partial charge in [-0.05, 0) is 19.3 Å². The third-order valence-electron chi connectivity index (χ3n) is 3.80. The largest absolute Gasteiger partial charge is 0.383 e. The molecule has 4 heteroatoms. The molecule has 2 fully saturated rings. The van der Waals surface area contributed by atoms with Gasteiger partial charge in [0.1, 0.15) is 0 Å². The summed E-state index contributed by atoms with van der Waals surface area (Å²) in [5, 5.41) is 0. The Morgan fingerprint density at radius 1 is 1.50 bits per heavy atom. The second-order valence-corrected chi connectivity index (χ2v) is 5.20. The van der Waals surface area contributed by atoms with Gasteiger partial charge in [-0.2, -0.15) is 0 Å². The minimum atomic E-state index is 0.205. The van der Waals surface area contributed by atoms with Crippen molar-refractivity contribution in [1.82, 2.24) is 4.90 Å². The molecule has 0 amide bonds. The van der Waals surface area contributed by atoms with Gasteiger partial charge in [0.15, 0.2) is 0 Å². The lowest BCUT2D eigenvalue weighted by Crippen LogP contribution is -2.45. The van der Waals surface area contributed by atoms with Crippen LogP contribution in [0.5, 0.6) is 0 Å².